The van der Waals surface area contributed by atoms with Gasteiger partial charge < -0.3 is 21.1 Å². The Morgan fingerprint density at radius 1 is 1.20 bits per heavy atom. The number of nitrogens with one attached hydrogen (secondary N) is 2. The molecule has 2 aromatic rings. The van der Waals surface area contributed by atoms with Crippen molar-refractivity contribution in [2.45, 2.75) is 19.4 Å². The number of aryl methyl sites for hydroxylation is 1. The number of ether oxygens (including phenoxy) is 1. The molecule has 0 aliphatic heterocycles. The predicted octanol–water partition coefficient (Wildman–Crippen LogP) is 3.50. The minimum atomic E-state index is -0.686. The molecule has 25 heavy (non-hydrogen) atoms. The van der Waals surface area contributed by atoms with Crippen LogP contribution in [-0.4, -0.2) is 19.0 Å². The first-order valence-electron chi connectivity index (χ1n) is 7.65. The third-order valence-electron chi connectivity index (χ3n) is 3.61. The zero-order valence-corrected chi connectivity index (χ0v) is 15.6. The summed E-state index contributed by atoms with van der Waals surface area (Å²) in [5, 5.41) is 5.43. The third kappa shape index (κ3) is 5.49. The molecule has 0 bridgehead atoms. The number of methoxy groups -OCH3 is 1. The fourth-order valence-corrected chi connectivity index (χ4v) is 2.69. The Labute approximate surface area is 154 Å². The summed E-state index contributed by atoms with van der Waals surface area (Å²) < 4.78 is 6.16. The second-order valence-corrected chi connectivity index (χ2v) is 6.48. The number of rotatable bonds is 6. The highest BCUT2D eigenvalue weighted by atomic mass is 79.9. The molecule has 4 N–H and O–H groups in total. The van der Waals surface area contributed by atoms with Crippen molar-refractivity contribution < 1.29 is 14.3 Å². The van der Waals surface area contributed by atoms with Crippen LogP contribution in [0.2, 0.25) is 0 Å². The lowest BCUT2D eigenvalue weighted by Gasteiger charge is -2.18. The fourth-order valence-electron chi connectivity index (χ4n) is 2.43. The van der Waals surface area contributed by atoms with Crippen molar-refractivity contribution in [1.29, 1.82) is 0 Å². The zero-order valence-electron chi connectivity index (χ0n) is 14.0. The van der Waals surface area contributed by atoms with Gasteiger partial charge in [-0.05, 0) is 42.3 Å². The Kier molecular flexibility index (Phi) is 6.41. The van der Waals surface area contributed by atoms with Crippen LogP contribution in [0.25, 0.3) is 0 Å². The maximum atomic E-state index is 12.5. The summed E-state index contributed by atoms with van der Waals surface area (Å²) >= 11 is 3.36. The third-order valence-corrected chi connectivity index (χ3v) is 4.14. The van der Waals surface area contributed by atoms with Gasteiger partial charge >= 0.3 is 6.03 Å². The standard InChI is InChI=1S/C18H20BrN3O3/c1-11-3-8-16(25-2)15(9-11)21-17(23)10-14(22-18(20)24)12-4-6-13(19)7-5-12/h3-9,14H,10H2,1-2H3,(H,21,23)(H3,20,22,24)/t14-/m1/s1. The Bertz CT molecular complexity index is 763. The van der Waals surface area contributed by atoms with Gasteiger partial charge in [0.05, 0.1) is 25.3 Å². The van der Waals surface area contributed by atoms with Crippen LogP contribution in [0.3, 0.4) is 0 Å². The van der Waals surface area contributed by atoms with Gasteiger partial charge in [0.15, 0.2) is 0 Å². The van der Waals surface area contributed by atoms with Crippen LogP contribution >= 0.6 is 15.9 Å². The first kappa shape index (κ1) is 18.8. The van der Waals surface area contributed by atoms with Crippen molar-refractivity contribution in [2.24, 2.45) is 5.73 Å². The van der Waals surface area contributed by atoms with Crippen LogP contribution in [0.4, 0.5) is 10.5 Å². The smallest absolute Gasteiger partial charge is 0.312 e. The first-order chi connectivity index (χ1) is 11.9. The lowest BCUT2D eigenvalue weighted by molar-refractivity contribution is -0.116. The summed E-state index contributed by atoms with van der Waals surface area (Å²) in [5.41, 5.74) is 7.61. The average molecular weight is 406 g/mol. The summed E-state index contributed by atoms with van der Waals surface area (Å²) in [4.78, 5) is 23.7. The molecule has 0 aromatic heterocycles. The number of carbonyl (C=O) groups is 2. The summed E-state index contributed by atoms with van der Waals surface area (Å²) in [7, 11) is 1.54. The van der Waals surface area contributed by atoms with E-state index in [0.29, 0.717) is 11.4 Å². The second-order valence-electron chi connectivity index (χ2n) is 5.57. The maximum absolute atomic E-state index is 12.5. The quantitative estimate of drug-likeness (QED) is 0.686. The van der Waals surface area contributed by atoms with E-state index in [-0.39, 0.29) is 12.3 Å². The Balaban J connectivity index is 2.15. The van der Waals surface area contributed by atoms with Gasteiger partial charge in [-0.1, -0.05) is 34.1 Å². The molecular weight excluding hydrogens is 386 g/mol. The normalized spacial score (nSPS) is 11.5. The van der Waals surface area contributed by atoms with E-state index >= 15 is 0 Å². The molecule has 0 heterocycles. The Morgan fingerprint density at radius 3 is 2.48 bits per heavy atom. The predicted molar refractivity (Wildman–Crippen MR) is 101 cm³/mol. The van der Waals surface area contributed by atoms with Crippen molar-refractivity contribution in [1.82, 2.24) is 5.32 Å². The topological polar surface area (TPSA) is 93.4 Å². The van der Waals surface area contributed by atoms with E-state index in [1.807, 2.05) is 43.3 Å². The summed E-state index contributed by atoms with van der Waals surface area (Å²) in [6.07, 6.45) is 0.0433. The van der Waals surface area contributed by atoms with E-state index in [4.69, 9.17) is 10.5 Å². The van der Waals surface area contributed by atoms with Gasteiger partial charge in [-0.2, -0.15) is 0 Å². The fraction of sp³-hybridized carbons (Fsp3) is 0.222. The monoisotopic (exact) mass is 405 g/mol. The molecule has 0 unspecified atom stereocenters. The van der Waals surface area contributed by atoms with Crippen LogP contribution < -0.4 is 21.1 Å². The summed E-state index contributed by atoms with van der Waals surface area (Å²) in [6, 6.07) is 11.6. The van der Waals surface area contributed by atoms with Crippen LogP contribution in [0.5, 0.6) is 5.75 Å². The molecule has 0 saturated carbocycles. The number of urea groups is 1. The van der Waals surface area contributed by atoms with Gasteiger partial charge in [0.25, 0.3) is 0 Å². The largest absolute Gasteiger partial charge is 0.495 e. The second kappa shape index (κ2) is 8.53. The molecule has 7 heteroatoms. The lowest BCUT2D eigenvalue weighted by atomic mass is 10.0. The van der Waals surface area contributed by atoms with Gasteiger partial charge in [-0.3, -0.25) is 4.79 Å². The van der Waals surface area contributed by atoms with Gasteiger partial charge in [0, 0.05) is 4.47 Å². The van der Waals surface area contributed by atoms with Crippen molar-refractivity contribution in [2.75, 3.05) is 12.4 Å². The van der Waals surface area contributed by atoms with Gasteiger partial charge in [-0.15, -0.1) is 0 Å². The number of primary amides is 1. The lowest BCUT2D eigenvalue weighted by Crippen LogP contribution is -2.35. The molecule has 0 radical (unpaired) electrons. The highest BCUT2D eigenvalue weighted by Crippen LogP contribution is 2.26. The molecule has 3 amide bonds. The zero-order chi connectivity index (χ0) is 18.4. The van der Waals surface area contributed by atoms with Crippen molar-refractivity contribution >= 4 is 33.6 Å². The van der Waals surface area contributed by atoms with Crippen LogP contribution in [0, 0.1) is 6.92 Å². The molecule has 0 fully saturated rings. The number of benzene rings is 2. The number of hydrogen-bond acceptors (Lipinski definition) is 3. The van der Waals surface area contributed by atoms with E-state index in [1.54, 1.807) is 13.2 Å². The number of halogens is 1. The molecule has 0 aliphatic rings. The van der Waals surface area contributed by atoms with Crippen LogP contribution in [0.15, 0.2) is 46.9 Å². The van der Waals surface area contributed by atoms with Crippen LogP contribution in [0.1, 0.15) is 23.6 Å². The van der Waals surface area contributed by atoms with E-state index in [0.717, 1.165) is 15.6 Å². The molecule has 6 nitrogen and oxygen atoms in total. The summed E-state index contributed by atoms with van der Waals surface area (Å²) in [5.74, 6) is 0.313. The van der Waals surface area contributed by atoms with Gasteiger partial charge in [0.2, 0.25) is 5.91 Å². The van der Waals surface area contributed by atoms with E-state index < -0.39 is 12.1 Å². The number of amides is 3. The highest BCUT2D eigenvalue weighted by molar-refractivity contribution is 9.10. The summed E-state index contributed by atoms with van der Waals surface area (Å²) in [6.45, 7) is 1.92. The van der Waals surface area contributed by atoms with Crippen molar-refractivity contribution in [3.05, 3.63) is 58.1 Å². The number of carbonyl (C=O) groups excluding carboxylic acids is 2. The van der Waals surface area contributed by atoms with E-state index in [2.05, 4.69) is 26.6 Å². The Hall–Kier alpha value is -2.54. The van der Waals surface area contributed by atoms with Gasteiger partial charge in [-0.25, -0.2) is 4.79 Å². The Morgan fingerprint density at radius 2 is 1.88 bits per heavy atom. The van der Waals surface area contributed by atoms with Gasteiger partial charge in [0.1, 0.15) is 5.75 Å². The number of anilines is 1. The molecule has 0 saturated heterocycles. The van der Waals surface area contributed by atoms with Crippen LogP contribution in [-0.2, 0) is 4.79 Å². The minimum Gasteiger partial charge on any atom is -0.495 e. The molecule has 0 spiro atoms. The number of hydrogen-bond donors (Lipinski definition) is 3. The SMILES string of the molecule is COc1ccc(C)cc1NC(=O)C[C@@H](NC(N)=O)c1ccc(Br)cc1. The molecule has 1 atom stereocenters. The molecule has 2 aromatic carbocycles. The maximum Gasteiger partial charge on any atom is 0.312 e. The highest BCUT2D eigenvalue weighted by Gasteiger charge is 2.18. The average Bonchev–Trinajstić information content (AvgIpc) is 2.54. The molecular formula is C18H20BrN3O3. The van der Waals surface area contributed by atoms with E-state index in [1.165, 1.54) is 0 Å². The van der Waals surface area contributed by atoms with Crippen molar-refractivity contribution in [3.63, 3.8) is 0 Å². The minimum absolute atomic E-state index is 0.0433. The molecule has 132 valence electrons. The van der Waals surface area contributed by atoms with E-state index in [9.17, 15) is 9.59 Å². The first-order valence-corrected chi connectivity index (χ1v) is 8.44. The van der Waals surface area contributed by atoms with Crippen molar-refractivity contribution in [3.8, 4) is 5.75 Å². The molecule has 0 aliphatic carbocycles. The molecule has 2 rings (SSSR count). The number of nitrogens with two attached hydrogens (primary N) is 1.